The molecule has 3 unspecified atom stereocenters. The first-order chi connectivity index (χ1) is 13.9. The summed E-state index contributed by atoms with van der Waals surface area (Å²) in [7, 11) is 0. The third kappa shape index (κ3) is 4.46. The second-order valence-electron chi connectivity index (χ2n) is 6.14. The van der Waals surface area contributed by atoms with Gasteiger partial charge in [-0.1, -0.05) is 0 Å². The van der Waals surface area contributed by atoms with E-state index in [-0.39, 0.29) is 11.3 Å². The molecule has 1 N–H and O–H groups in total. The lowest BCUT2D eigenvalue weighted by Crippen LogP contribution is -2.36. The van der Waals surface area contributed by atoms with E-state index in [0.29, 0.717) is 5.71 Å². The SMILES string of the molecule is CC1=NN(c2cnc(C(F)(F)F)nc2)C(O)C1C(OI)c1cnc(C(F)(F)F)nc1. The van der Waals surface area contributed by atoms with Gasteiger partial charge in [-0.15, -0.1) is 0 Å². The third-order valence-corrected chi connectivity index (χ3v) is 4.70. The van der Waals surface area contributed by atoms with E-state index >= 15 is 0 Å². The van der Waals surface area contributed by atoms with Crippen molar-refractivity contribution in [3.63, 3.8) is 0 Å². The zero-order valence-electron chi connectivity index (χ0n) is 14.7. The Kier molecular flexibility index (Phi) is 6.15. The van der Waals surface area contributed by atoms with Crippen LogP contribution in [0.2, 0.25) is 0 Å². The summed E-state index contributed by atoms with van der Waals surface area (Å²) in [5.74, 6) is -3.57. The molecule has 3 rings (SSSR count). The fourth-order valence-corrected chi connectivity index (χ4v) is 3.39. The standard InChI is InChI=1S/C15H11F6IN6O2/c1-6-9(10(30-22)7-2-23-12(24-3-7)14(16,17)18)11(29)28(27-6)8-4-25-13(26-5-8)15(19,20)21/h2-5,9-11,29H,1H3. The van der Waals surface area contributed by atoms with E-state index in [4.69, 9.17) is 3.07 Å². The van der Waals surface area contributed by atoms with Crippen molar-refractivity contribution in [3.8, 4) is 0 Å². The highest BCUT2D eigenvalue weighted by Crippen LogP contribution is 2.38. The average Bonchev–Trinajstić information content (AvgIpc) is 2.96. The van der Waals surface area contributed by atoms with E-state index in [1.807, 2.05) is 0 Å². The van der Waals surface area contributed by atoms with Crippen LogP contribution in [0.4, 0.5) is 32.0 Å². The van der Waals surface area contributed by atoms with Crippen molar-refractivity contribution in [1.29, 1.82) is 0 Å². The highest BCUT2D eigenvalue weighted by Gasteiger charge is 2.43. The lowest BCUT2D eigenvalue weighted by molar-refractivity contribution is -0.145. The molecule has 0 saturated carbocycles. The summed E-state index contributed by atoms with van der Waals surface area (Å²) in [5, 5.41) is 15.8. The summed E-state index contributed by atoms with van der Waals surface area (Å²) in [5.41, 5.74) is 0.429. The van der Waals surface area contributed by atoms with Gasteiger partial charge in [0.15, 0.2) is 6.23 Å². The van der Waals surface area contributed by atoms with Gasteiger partial charge in [0.25, 0.3) is 0 Å². The minimum atomic E-state index is -4.73. The van der Waals surface area contributed by atoms with Gasteiger partial charge in [0.2, 0.25) is 11.6 Å². The van der Waals surface area contributed by atoms with Gasteiger partial charge >= 0.3 is 12.4 Å². The van der Waals surface area contributed by atoms with Crippen molar-refractivity contribution < 1.29 is 34.5 Å². The summed E-state index contributed by atoms with van der Waals surface area (Å²) < 4.78 is 81.2. The Bertz CT molecular complexity index is 921. The molecule has 0 aliphatic carbocycles. The molecule has 2 aromatic heterocycles. The summed E-state index contributed by atoms with van der Waals surface area (Å²) in [6, 6.07) is 0. The quantitative estimate of drug-likeness (QED) is 0.462. The third-order valence-electron chi connectivity index (χ3n) is 4.15. The average molecular weight is 548 g/mol. The molecule has 0 bridgehead atoms. The van der Waals surface area contributed by atoms with Crippen molar-refractivity contribution >= 4 is 34.4 Å². The highest BCUT2D eigenvalue weighted by molar-refractivity contribution is 14.1. The lowest BCUT2D eigenvalue weighted by atomic mass is 9.92. The minimum absolute atomic E-state index is 0.0202. The van der Waals surface area contributed by atoms with Crippen LogP contribution < -0.4 is 5.01 Å². The van der Waals surface area contributed by atoms with Crippen molar-refractivity contribution in [2.75, 3.05) is 5.01 Å². The van der Waals surface area contributed by atoms with E-state index in [1.165, 1.54) is 29.9 Å². The second kappa shape index (κ2) is 8.18. The number of hydrazone groups is 1. The summed E-state index contributed by atoms with van der Waals surface area (Å²) in [6.45, 7) is 1.52. The number of alkyl halides is 6. The van der Waals surface area contributed by atoms with Crippen LogP contribution in [0.5, 0.6) is 0 Å². The van der Waals surface area contributed by atoms with Crippen molar-refractivity contribution in [1.82, 2.24) is 19.9 Å². The maximum atomic E-state index is 12.7. The molecule has 0 saturated heterocycles. The largest absolute Gasteiger partial charge is 0.451 e. The van der Waals surface area contributed by atoms with Gasteiger partial charge in [0, 0.05) is 23.7 Å². The van der Waals surface area contributed by atoms with Gasteiger partial charge < -0.3 is 8.17 Å². The van der Waals surface area contributed by atoms with Gasteiger partial charge in [0.05, 0.1) is 24.0 Å². The second-order valence-corrected chi connectivity index (χ2v) is 6.64. The molecule has 30 heavy (non-hydrogen) atoms. The first kappa shape index (κ1) is 22.5. The minimum Gasteiger partial charge on any atom is -0.371 e. The van der Waals surface area contributed by atoms with Crippen molar-refractivity contribution in [3.05, 3.63) is 42.0 Å². The molecule has 3 atom stereocenters. The van der Waals surface area contributed by atoms with Crippen LogP contribution in [-0.2, 0) is 15.4 Å². The van der Waals surface area contributed by atoms with Gasteiger partial charge in [-0.05, 0) is 6.92 Å². The molecule has 0 radical (unpaired) electrons. The lowest BCUT2D eigenvalue weighted by Gasteiger charge is -2.27. The van der Waals surface area contributed by atoms with Crippen LogP contribution >= 0.6 is 23.0 Å². The number of rotatable bonds is 4. The number of aliphatic hydroxyl groups is 1. The zero-order valence-corrected chi connectivity index (χ0v) is 16.9. The molecule has 0 spiro atoms. The number of aromatic nitrogens is 4. The summed E-state index contributed by atoms with van der Waals surface area (Å²) in [6.07, 6.45) is -8.33. The topological polar surface area (TPSA) is 96.6 Å². The van der Waals surface area contributed by atoms with Crippen LogP contribution in [0.15, 0.2) is 29.9 Å². The molecule has 0 amide bonds. The van der Waals surface area contributed by atoms with Crippen LogP contribution in [0.1, 0.15) is 30.2 Å². The molecule has 0 fully saturated rings. The maximum Gasteiger partial charge on any atom is 0.451 e. The van der Waals surface area contributed by atoms with E-state index in [9.17, 15) is 31.4 Å². The number of anilines is 1. The summed E-state index contributed by atoms with van der Waals surface area (Å²) >= 11 is 1.51. The Balaban J connectivity index is 1.85. The number of nitrogens with zero attached hydrogens (tertiary/aromatic N) is 6. The molecule has 1 aliphatic rings. The number of hydrogen-bond acceptors (Lipinski definition) is 8. The Morgan fingerprint density at radius 2 is 1.43 bits per heavy atom. The molecular formula is C15H11F6IN6O2. The Labute approximate surface area is 178 Å². The van der Waals surface area contributed by atoms with Gasteiger partial charge in [0.1, 0.15) is 29.1 Å². The molecule has 162 valence electrons. The smallest absolute Gasteiger partial charge is 0.371 e. The van der Waals surface area contributed by atoms with E-state index in [1.54, 1.807) is 0 Å². The predicted molar refractivity (Wildman–Crippen MR) is 97.0 cm³/mol. The first-order valence-corrected chi connectivity index (χ1v) is 8.89. The van der Waals surface area contributed by atoms with Gasteiger partial charge in [-0.3, -0.25) is 0 Å². The van der Waals surface area contributed by atoms with Crippen LogP contribution in [0, 0.1) is 5.92 Å². The Hall–Kier alpha value is -2.14. The van der Waals surface area contributed by atoms with E-state index < -0.39 is 42.3 Å². The molecule has 3 heterocycles. The monoisotopic (exact) mass is 548 g/mol. The molecule has 15 heteroatoms. The normalized spacial score (nSPS) is 21.0. The Morgan fingerprint density at radius 3 is 1.87 bits per heavy atom. The number of halogens is 7. The van der Waals surface area contributed by atoms with Crippen molar-refractivity contribution in [2.45, 2.75) is 31.6 Å². The fourth-order valence-electron chi connectivity index (χ4n) is 2.78. The Morgan fingerprint density at radius 1 is 0.967 bits per heavy atom. The zero-order chi connectivity index (χ0) is 22.3. The van der Waals surface area contributed by atoms with Crippen LogP contribution in [0.25, 0.3) is 0 Å². The van der Waals surface area contributed by atoms with E-state index in [2.05, 4.69) is 25.0 Å². The maximum absolute atomic E-state index is 12.7. The van der Waals surface area contributed by atoms with E-state index in [0.717, 1.165) is 29.8 Å². The molecule has 2 aromatic rings. The van der Waals surface area contributed by atoms with Gasteiger partial charge in [-0.25, -0.2) is 24.9 Å². The fraction of sp³-hybridized carbons (Fsp3) is 0.400. The predicted octanol–water partition coefficient (Wildman–Crippen LogP) is 3.54. The van der Waals surface area contributed by atoms with Gasteiger partial charge in [-0.2, -0.15) is 31.4 Å². The number of aliphatic hydroxyl groups excluding tert-OH is 1. The van der Waals surface area contributed by atoms with Crippen molar-refractivity contribution in [2.24, 2.45) is 11.0 Å². The molecule has 8 nitrogen and oxygen atoms in total. The first-order valence-electron chi connectivity index (χ1n) is 8.01. The van der Waals surface area contributed by atoms with Crippen LogP contribution in [-0.4, -0.2) is 37.0 Å². The molecule has 1 aliphatic heterocycles. The summed E-state index contributed by atoms with van der Waals surface area (Å²) in [4.78, 5) is 13.0. The molecular weight excluding hydrogens is 537 g/mol. The molecule has 0 aromatic carbocycles. The number of hydrogen-bond donors (Lipinski definition) is 1. The highest BCUT2D eigenvalue weighted by atomic mass is 127. The van der Waals surface area contributed by atoms with Crippen LogP contribution in [0.3, 0.4) is 0 Å².